The second-order valence-corrected chi connectivity index (χ2v) is 5.26. The summed E-state index contributed by atoms with van der Waals surface area (Å²) < 4.78 is 11.2. The Bertz CT molecular complexity index is 596. The molecule has 1 atom stereocenters. The van der Waals surface area contributed by atoms with Gasteiger partial charge in [-0.25, -0.2) is 0 Å². The lowest BCUT2D eigenvalue weighted by atomic mass is 10.0. The zero-order valence-corrected chi connectivity index (χ0v) is 12.9. The Balaban J connectivity index is 2.25. The molecule has 0 amide bonds. The molecule has 0 heterocycles. The van der Waals surface area contributed by atoms with Crippen molar-refractivity contribution in [3.8, 4) is 17.2 Å². The van der Waals surface area contributed by atoms with Gasteiger partial charge >= 0.3 is 0 Å². The van der Waals surface area contributed by atoms with Crippen molar-refractivity contribution in [2.75, 3.05) is 7.11 Å². The number of benzene rings is 2. The molecular weight excluding hydrogens is 262 g/mol. The Hall–Kier alpha value is -2.00. The fraction of sp³-hybridized carbons (Fsp3) is 0.333. The highest BCUT2D eigenvalue weighted by Gasteiger charge is 2.09. The SMILES string of the molecule is CCC(N)Cc1cc(C)ccc1Oc1cccc(OC)c1. The molecule has 0 radical (unpaired) electrons. The normalized spacial score (nSPS) is 12.0. The van der Waals surface area contributed by atoms with Crippen molar-refractivity contribution in [1.82, 2.24) is 0 Å². The van der Waals surface area contributed by atoms with Gasteiger partial charge in [0.1, 0.15) is 17.2 Å². The van der Waals surface area contributed by atoms with E-state index in [0.717, 1.165) is 35.7 Å². The van der Waals surface area contributed by atoms with Gasteiger partial charge in [-0.05, 0) is 43.5 Å². The fourth-order valence-electron chi connectivity index (χ4n) is 2.19. The van der Waals surface area contributed by atoms with Crippen molar-refractivity contribution in [2.45, 2.75) is 32.7 Å². The van der Waals surface area contributed by atoms with Crippen molar-refractivity contribution in [2.24, 2.45) is 5.73 Å². The van der Waals surface area contributed by atoms with Crippen LogP contribution in [-0.2, 0) is 6.42 Å². The van der Waals surface area contributed by atoms with Crippen LogP contribution in [0, 0.1) is 6.92 Å². The van der Waals surface area contributed by atoms with Gasteiger partial charge in [0.15, 0.2) is 0 Å². The third kappa shape index (κ3) is 4.23. The predicted molar refractivity (Wildman–Crippen MR) is 86.2 cm³/mol. The van der Waals surface area contributed by atoms with Gasteiger partial charge in [-0.3, -0.25) is 0 Å². The van der Waals surface area contributed by atoms with Gasteiger partial charge in [0.2, 0.25) is 0 Å². The highest BCUT2D eigenvalue weighted by Crippen LogP contribution is 2.29. The minimum atomic E-state index is 0.152. The van der Waals surface area contributed by atoms with Crippen molar-refractivity contribution in [3.05, 3.63) is 53.6 Å². The monoisotopic (exact) mass is 285 g/mol. The molecule has 3 nitrogen and oxygen atoms in total. The van der Waals surface area contributed by atoms with Gasteiger partial charge in [-0.15, -0.1) is 0 Å². The van der Waals surface area contributed by atoms with Gasteiger partial charge in [-0.2, -0.15) is 0 Å². The maximum Gasteiger partial charge on any atom is 0.131 e. The van der Waals surface area contributed by atoms with Gasteiger partial charge in [0, 0.05) is 12.1 Å². The Morgan fingerprint density at radius 3 is 2.57 bits per heavy atom. The first-order chi connectivity index (χ1) is 10.1. The van der Waals surface area contributed by atoms with Crippen LogP contribution >= 0.6 is 0 Å². The molecule has 2 aromatic rings. The third-order valence-electron chi connectivity index (χ3n) is 3.49. The van der Waals surface area contributed by atoms with Crippen LogP contribution in [-0.4, -0.2) is 13.2 Å². The zero-order valence-electron chi connectivity index (χ0n) is 12.9. The van der Waals surface area contributed by atoms with E-state index in [9.17, 15) is 0 Å². The Morgan fingerprint density at radius 1 is 1.10 bits per heavy atom. The summed E-state index contributed by atoms with van der Waals surface area (Å²) in [5.74, 6) is 2.41. The summed E-state index contributed by atoms with van der Waals surface area (Å²) >= 11 is 0. The van der Waals surface area contributed by atoms with Crippen LogP contribution in [0.25, 0.3) is 0 Å². The van der Waals surface area contributed by atoms with E-state index >= 15 is 0 Å². The highest BCUT2D eigenvalue weighted by molar-refractivity contribution is 5.42. The maximum atomic E-state index is 6.09. The predicted octanol–water partition coefficient (Wildman–Crippen LogP) is 4.08. The molecular formula is C18H23NO2. The standard InChI is InChI=1S/C18H23NO2/c1-4-15(19)11-14-10-13(2)8-9-18(14)21-17-7-5-6-16(12-17)20-3/h5-10,12,15H,4,11,19H2,1-3H3. The van der Waals surface area contributed by atoms with Gasteiger partial charge in [0.05, 0.1) is 7.11 Å². The average Bonchev–Trinajstić information content (AvgIpc) is 2.50. The zero-order chi connectivity index (χ0) is 15.2. The van der Waals surface area contributed by atoms with Crippen molar-refractivity contribution in [1.29, 1.82) is 0 Å². The molecule has 0 bridgehead atoms. The molecule has 2 aromatic carbocycles. The van der Waals surface area contributed by atoms with E-state index in [4.69, 9.17) is 15.2 Å². The van der Waals surface area contributed by atoms with Gasteiger partial charge in [0.25, 0.3) is 0 Å². The van der Waals surface area contributed by atoms with Gasteiger partial charge in [-0.1, -0.05) is 30.7 Å². The quantitative estimate of drug-likeness (QED) is 0.870. The van der Waals surface area contributed by atoms with E-state index in [2.05, 4.69) is 26.0 Å². The molecule has 0 aromatic heterocycles. The topological polar surface area (TPSA) is 44.5 Å². The Morgan fingerprint density at radius 2 is 1.86 bits per heavy atom. The van der Waals surface area contributed by atoms with Crippen LogP contribution in [0.4, 0.5) is 0 Å². The van der Waals surface area contributed by atoms with E-state index in [-0.39, 0.29) is 6.04 Å². The smallest absolute Gasteiger partial charge is 0.131 e. The Kier molecular flexibility index (Phi) is 5.23. The summed E-state index contributed by atoms with van der Waals surface area (Å²) in [4.78, 5) is 0. The number of hydrogen-bond acceptors (Lipinski definition) is 3. The van der Waals surface area contributed by atoms with E-state index in [1.165, 1.54) is 5.56 Å². The second kappa shape index (κ2) is 7.14. The molecule has 0 aliphatic carbocycles. The third-order valence-corrected chi connectivity index (χ3v) is 3.49. The molecule has 3 heteroatoms. The summed E-state index contributed by atoms with van der Waals surface area (Å²) in [5, 5.41) is 0. The molecule has 0 aliphatic heterocycles. The maximum absolute atomic E-state index is 6.09. The molecule has 1 unspecified atom stereocenters. The van der Waals surface area contributed by atoms with Gasteiger partial charge < -0.3 is 15.2 Å². The minimum Gasteiger partial charge on any atom is -0.497 e. The van der Waals surface area contributed by atoms with Crippen LogP contribution in [0.3, 0.4) is 0 Å². The van der Waals surface area contributed by atoms with Crippen LogP contribution in [0.1, 0.15) is 24.5 Å². The van der Waals surface area contributed by atoms with E-state index < -0.39 is 0 Å². The molecule has 2 N–H and O–H groups in total. The summed E-state index contributed by atoms with van der Waals surface area (Å²) in [6.45, 7) is 4.18. The van der Waals surface area contributed by atoms with Crippen LogP contribution in [0.2, 0.25) is 0 Å². The van der Waals surface area contributed by atoms with E-state index in [1.807, 2.05) is 30.3 Å². The molecule has 0 fully saturated rings. The fourth-order valence-corrected chi connectivity index (χ4v) is 2.19. The lowest BCUT2D eigenvalue weighted by Gasteiger charge is -2.15. The summed E-state index contributed by atoms with van der Waals surface area (Å²) in [7, 11) is 1.65. The molecule has 0 saturated carbocycles. The molecule has 0 spiro atoms. The molecule has 21 heavy (non-hydrogen) atoms. The van der Waals surface area contributed by atoms with Crippen LogP contribution in [0.5, 0.6) is 17.2 Å². The Labute approximate surface area is 126 Å². The first-order valence-corrected chi connectivity index (χ1v) is 7.29. The molecule has 112 valence electrons. The summed E-state index contributed by atoms with van der Waals surface area (Å²) in [5.41, 5.74) is 8.45. The number of ether oxygens (including phenoxy) is 2. The first-order valence-electron chi connectivity index (χ1n) is 7.29. The lowest BCUT2D eigenvalue weighted by Crippen LogP contribution is -2.21. The van der Waals surface area contributed by atoms with Crippen molar-refractivity contribution in [3.63, 3.8) is 0 Å². The van der Waals surface area contributed by atoms with Crippen molar-refractivity contribution >= 4 is 0 Å². The average molecular weight is 285 g/mol. The second-order valence-electron chi connectivity index (χ2n) is 5.26. The lowest BCUT2D eigenvalue weighted by molar-refractivity contribution is 0.408. The van der Waals surface area contributed by atoms with Crippen LogP contribution in [0.15, 0.2) is 42.5 Å². The summed E-state index contributed by atoms with van der Waals surface area (Å²) in [6.07, 6.45) is 1.77. The molecule has 2 rings (SSSR count). The minimum absolute atomic E-state index is 0.152. The largest absolute Gasteiger partial charge is 0.497 e. The van der Waals surface area contributed by atoms with E-state index in [1.54, 1.807) is 7.11 Å². The van der Waals surface area contributed by atoms with Crippen LogP contribution < -0.4 is 15.2 Å². The number of hydrogen-bond donors (Lipinski definition) is 1. The van der Waals surface area contributed by atoms with E-state index in [0.29, 0.717) is 0 Å². The first kappa shape index (κ1) is 15.4. The number of rotatable bonds is 6. The number of aryl methyl sites for hydroxylation is 1. The number of methoxy groups -OCH3 is 1. The highest BCUT2D eigenvalue weighted by atomic mass is 16.5. The van der Waals surface area contributed by atoms with Crippen molar-refractivity contribution < 1.29 is 9.47 Å². The molecule has 0 aliphatic rings. The molecule has 0 saturated heterocycles. The number of nitrogens with two attached hydrogens (primary N) is 1. The summed E-state index contributed by atoms with van der Waals surface area (Å²) in [6, 6.07) is 14.0.